The molecule has 2 heterocycles. The minimum Gasteiger partial charge on any atom is -0.487 e. The fraction of sp³-hybridized carbons (Fsp3) is 0.200. The number of hydrogen-bond acceptors (Lipinski definition) is 4. The first-order chi connectivity index (χ1) is 9.76. The van der Waals surface area contributed by atoms with Gasteiger partial charge in [-0.25, -0.2) is 0 Å². The molecule has 1 amide bonds. The first-order valence-corrected chi connectivity index (χ1v) is 7.19. The predicted octanol–water partition coefficient (Wildman–Crippen LogP) is 2.52. The summed E-state index contributed by atoms with van der Waals surface area (Å²) in [4.78, 5) is 13.8. The third kappa shape index (κ3) is 2.51. The van der Waals surface area contributed by atoms with Gasteiger partial charge in [0.2, 0.25) is 0 Å². The molecule has 0 saturated carbocycles. The van der Waals surface area contributed by atoms with Crippen LogP contribution in [0, 0.1) is 11.3 Å². The van der Waals surface area contributed by atoms with Crippen molar-refractivity contribution in [1.29, 1.82) is 5.26 Å². The van der Waals surface area contributed by atoms with Crippen LogP contribution in [0.5, 0.6) is 5.75 Å². The van der Waals surface area contributed by atoms with Gasteiger partial charge in [0, 0.05) is 5.38 Å². The quantitative estimate of drug-likeness (QED) is 0.870. The second kappa shape index (κ2) is 5.35. The molecule has 1 aromatic carbocycles. The summed E-state index contributed by atoms with van der Waals surface area (Å²) in [5.41, 5.74) is 1.35. The van der Waals surface area contributed by atoms with Gasteiger partial charge in [-0.2, -0.15) is 16.6 Å². The molecule has 100 valence electrons. The van der Waals surface area contributed by atoms with E-state index in [0.29, 0.717) is 18.7 Å². The van der Waals surface area contributed by atoms with Crippen LogP contribution in [-0.4, -0.2) is 30.0 Å². The summed E-state index contributed by atoms with van der Waals surface area (Å²) in [5, 5.41) is 12.5. The molecule has 0 bridgehead atoms. The molecule has 2 aromatic rings. The summed E-state index contributed by atoms with van der Waals surface area (Å²) in [6.45, 7) is 1.21. The van der Waals surface area contributed by atoms with Crippen molar-refractivity contribution in [3.05, 3.63) is 52.2 Å². The standard InChI is InChI=1S/C15H12N2O2S/c16-7-11-1-3-13(4-2-11)19-14-8-17(9-14)15(18)12-5-6-20-10-12/h1-6,10,14H,8-9H2. The van der Waals surface area contributed by atoms with Gasteiger partial charge in [-0.15, -0.1) is 0 Å². The number of amides is 1. The number of nitriles is 1. The molecule has 1 aliphatic rings. The summed E-state index contributed by atoms with van der Waals surface area (Å²) < 4.78 is 5.75. The number of benzene rings is 1. The Morgan fingerprint density at radius 1 is 1.30 bits per heavy atom. The normalized spacial score (nSPS) is 14.4. The molecule has 5 heteroatoms. The van der Waals surface area contributed by atoms with Crippen molar-refractivity contribution in [2.24, 2.45) is 0 Å². The molecule has 20 heavy (non-hydrogen) atoms. The Kier molecular flexibility index (Phi) is 3.40. The van der Waals surface area contributed by atoms with E-state index in [2.05, 4.69) is 6.07 Å². The monoisotopic (exact) mass is 284 g/mol. The molecule has 4 nitrogen and oxygen atoms in total. The van der Waals surface area contributed by atoms with Gasteiger partial charge in [-0.05, 0) is 35.7 Å². The number of carbonyl (C=O) groups excluding carboxylic acids is 1. The Morgan fingerprint density at radius 3 is 2.65 bits per heavy atom. The maximum Gasteiger partial charge on any atom is 0.254 e. The maximum atomic E-state index is 12.0. The van der Waals surface area contributed by atoms with E-state index in [0.717, 1.165) is 11.3 Å². The van der Waals surface area contributed by atoms with E-state index in [-0.39, 0.29) is 12.0 Å². The molecule has 0 aliphatic carbocycles. The zero-order valence-electron chi connectivity index (χ0n) is 10.7. The number of carbonyl (C=O) groups is 1. The summed E-state index contributed by atoms with van der Waals surface area (Å²) in [5.74, 6) is 0.794. The molecule has 1 aliphatic heterocycles. The molecule has 0 N–H and O–H groups in total. The fourth-order valence-corrected chi connectivity index (χ4v) is 2.68. The molecule has 0 spiro atoms. The lowest BCUT2D eigenvalue weighted by Crippen LogP contribution is -2.56. The van der Waals surface area contributed by atoms with Crippen LogP contribution in [0.25, 0.3) is 0 Å². The van der Waals surface area contributed by atoms with Crippen LogP contribution in [0.2, 0.25) is 0 Å². The SMILES string of the molecule is N#Cc1ccc(OC2CN(C(=O)c3ccsc3)C2)cc1. The van der Waals surface area contributed by atoms with Crippen molar-refractivity contribution in [1.82, 2.24) is 4.90 Å². The second-order valence-corrected chi connectivity index (χ2v) is 5.38. The Hall–Kier alpha value is -2.32. The summed E-state index contributed by atoms with van der Waals surface area (Å²) in [6.07, 6.45) is 0.0329. The number of hydrogen-bond donors (Lipinski definition) is 0. The minimum absolute atomic E-state index is 0.0329. The lowest BCUT2D eigenvalue weighted by molar-refractivity contribution is 0.0178. The molecule has 0 atom stereocenters. The zero-order chi connectivity index (χ0) is 13.9. The van der Waals surface area contributed by atoms with Crippen LogP contribution in [0.4, 0.5) is 0 Å². The Labute approximate surface area is 120 Å². The highest BCUT2D eigenvalue weighted by atomic mass is 32.1. The molecule has 1 aromatic heterocycles. The topological polar surface area (TPSA) is 53.3 Å². The van der Waals surface area contributed by atoms with Crippen molar-refractivity contribution < 1.29 is 9.53 Å². The van der Waals surface area contributed by atoms with Gasteiger partial charge >= 0.3 is 0 Å². The van der Waals surface area contributed by atoms with Crippen LogP contribution < -0.4 is 4.74 Å². The number of ether oxygens (including phenoxy) is 1. The van der Waals surface area contributed by atoms with Gasteiger partial charge in [0.15, 0.2) is 0 Å². The lowest BCUT2D eigenvalue weighted by Gasteiger charge is -2.38. The van der Waals surface area contributed by atoms with Gasteiger partial charge in [-0.1, -0.05) is 0 Å². The van der Waals surface area contributed by atoms with Gasteiger partial charge < -0.3 is 9.64 Å². The van der Waals surface area contributed by atoms with Crippen molar-refractivity contribution >= 4 is 17.2 Å². The highest BCUT2D eigenvalue weighted by Gasteiger charge is 2.32. The molecule has 1 saturated heterocycles. The van der Waals surface area contributed by atoms with E-state index in [1.807, 2.05) is 16.8 Å². The van der Waals surface area contributed by atoms with E-state index in [1.165, 1.54) is 11.3 Å². The van der Waals surface area contributed by atoms with Crippen molar-refractivity contribution in [2.75, 3.05) is 13.1 Å². The summed E-state index contributed by atoms with van der Waals surface area (Å²) in [6, 6.07) is 10.9. The predicted molar refractivity (Wildman–Crippen MR) is 75.8 cm³/mol. The number of nitrogens with zero attached hydrogens (tertiary/aromatic N) is 2. The molecule has 3 rings (SSSR count). The number of thiophene rings is 1. The molecule has 1 fully saturated rings. The van der Waals surface area contributed by atoms with Gasteiger partial charge in [0.1, 0.15) is 11.9 Å². The molecular weight excluding hydrogens is 272 g/mol. The number of rotatable bonds is 3. The van der Waals surface area contributed by atoms with Crippen molar-refractivity contribution in [3.63, 3.8) is 0 Å². The Morgan fingerprint density at radius 2 is 2.05 bits per heavy atom. The summed E-state index contributed by atoms with van der Waals surface area (Å²) in [7, 11) is 0. The minimum atomic E-state index is 0.0329. The van der Waals surface area contributed by atoms with Crippen LogP contribution in [0.1, 0.15) is 15.9 Å². The van der Waals surface area contributed by atoms with Gasteiger partial charge in [-0.3, -0.25) is 4.79 Å². The van der Waals surface area contributed by atoms with E-state index >= 15 is 0 Å². The van der Waals surface area contributed by atoms with Crippen LogP contribution in [0.15, 0.2) is 41.1 Å². The lowest BCUT2D eigenvalue weighted by atomic mass is 10.1. The fourth-order valence-electron chi connectivity index (χ4n) is 2.05. The first kappa shape index (κ1) is 12.7. The average Bonchev–Trinajstić information content (AvgIpc) is 2.96. The highest BCUT2D eigenvalue weighted by Crippen LogP contribution is 2.21. The average molecular weight is 284 g/mol. The van der Waals surface area contributed by atoms with Gasteiger partial charge in [0.05, 0.1) is 30.3 Å². The smallest absolute Gasteiger partial charge is 0.254 e. The number of likely N-dealkylation sites (tertiary alicyclic amines) is 1. The van der Waals surface area contributed by atoms with E-state index in [1.54, 1.807) is 29.2 Å². The van der Waals surface area contributed by atoms with Crippen LogP contribution in [0.3, 0.4) is 0 Å². The van der Waals surface area contributed by atoms with Crippen molar-refractivity contribution in [3.8, 4) is 11.8 Å². The summed E-state index contributed by atoms with van der Waals surface area (Å²) >= 11 is 1.52. The van der Waals surface area contributed by atoms with Crippen LogP contribution in [-0.2, 0) is 0 Å². The molecule has 0 unspecified atom stereocenters. The van der Waals surface area contributed by atoms with E-state index in [4.69, 9.17) is 10.00 Å². The third-order valence-corrected chi connectivity index (χ3v) is 3.87. The zero-order valence-corrected chi connectivity index (χ0v) is 11.5. The van der Waals surface area contributed by atoms with E-state index < -0.39 is 0 Å². The third-order valence-electron chi connectivity index (χ3n) is 3.19. The van der Waals surface area contributed by atoms with Crippen molar-refractivity contribution in [2.45, 2.75) is 6.10 Å². The Bertz CT molecular complexity index is 638. The Balaban J connectivity index is 1.53. The highest BCUT2D eigenvalue weighted by molar-refractivity contribution is 7.08. The van der Waals surface area contributed by atoms with Crippen LogP contribution >= 0.6 is 11.3 Å². The second-order valence-electron chi connectivity index (χ2n) is 4.60. The molecular formula is C15H12N2O2S. The molecule has 0 radical (unpaired) electrons. The largest absolute Gasteiger partial charge is 0.487 e. The first-order valence-electron chi connectivity index (χ1n) is 6.24. The maximum absolute atomic E-state index is 12.0. The van der Waals surface area contributed by atoms with E-state index in [9.17, 15) is 4.79 Å². The van der Waals surface area contributed by atoms with Gasteiger partial charge in [0.25, 0.3) is 5.91 Å².